The van der Waals surface area contributed by atoms with E-state index >= 15 is 0 Å². The number of hydrogen-bond acceptors (Lipinski definition) is 7. The fourth-order valence-corrected chi connectivity index (χ4v) is 2.97. The summed E-state index contributed by atoms with van der Waals surface area (Å²) in [6.45, 7) is 1.70. The molecule has 2 amide bonds. The highest BCUT2D eigenvalue weighted by atomic mass is 16.5. The van der Waals surface area contributed by atoms with E-state index in [-0.39, 0.29) is 36.4 Å². The van der Waals surface area contributed by atoms with Crippen LogP contribution in [0.4, 0.5) is 5.82 Å². The largest absolute Gasteiger partial charge is 0.486 e. The lowest BCUT2D eigenvalue weighted by atomic mass is 10.0. The highest BCUT2D eigenvalue weighted by molar-refractivity contribution is 6.06. The molecule has 0 unspecified atom stereocenters. The Balaban J connectivity index is 1.51. The first-order chi connectivity index (χ1) is 13.5. The van der Waals surface area contributed by atoms with Crippen LogP contribution in [-0.2, 0) is 22.6 Å². The van der Waals surface area contributed by atoms with E-state index in [9.17, 15) is 14.4 Å². The fraction of sp³-hybridized carbons (Fsp3) is 0.222. The zero-order valence-electron chi connectivity index (χ0n) is 14.9. The molecular formula is C18H16N6O4. The third kappa shape index (κ3) is 3.39. The summed E-state index contributed by atoms with van der Waals surface area (Å²) in [5.74, 6) is 0.225. The number of nitrogens with one attached hydrogen (secondary N) is 3. The van der Waals surface area contributed by atoms with Gasteiger partial charge in [0.05, 0.1) is 0 Å². The van der Waals surface area contributed by atoms with Crippen molar-refractivity contribution in [2.75, 3.05) is 11.9 Å². The van der Waals surface area contributed by atoms with Gasteiger partial charge in [0, 0.05) is 25.5 Å². The molecule has 3 aromatic rings. The number of carbonyl (C=O) groups excluding carboxylic acids is 3. The van der Waals surface area contributed by atoms with Gasteiger partial charge in [-0.3, -0.25) is 19.5 Å². The van der Waals surface area contributed by atoms with Crippen molar-refractivity contribution < 1.29 is 19.1 Å². The first-order valence-corrected chi connectivity index (χ1v) is 8.52. The first-order valence-electron chi connectivity index (χ1n) is 8.52. The van der Waals surface area contributed by atoms with Crippen LogP contribution in [0.25, 0.3) is 11.0 Å². The third-order valence-corrected chi connectivity index (χ3v) is 4.21. The number of fused-ring (bicyclic) bond motifs is 2. The predicted molar refractivity (Wildman–Crippen MR) is 97.8 cm³/mol. The molecule has 3 heterocycles. The molecule has 0 aliphatic carbocycles. The Hall–Kier alpha value is -3.82. The molecule has 10 nitrogen and oxygen atoms in total. The van der Waals surface area contributed by atoms with E-state index in [0.29, 0.717) is 23.2 Å². The van der Waals surface area contributed by atoms with Crippen molar-refractivity contribution in [3.05, 3.63) is 41.3 Å². The quantitative estimate of drug-likeness (QED) is 0.607. The lowest BCUT2D eigenvalue weighted by Gasteiger charge is -2.17. The van der Waals surface area contributed by atoms with Crippen molar-refractivity contribution in [3.8, 4) is 5.75 Å². The molecule has 1 aliphatic heterocycles. The topological polar surface area (TPSA) is 139 Å². The molecule has 0 atom stereocenters. The number of H-pyrrole nitrogens is 1. The summed E-state index contributed by atoms with van der Waals surface area (Å²) in [4.78, 5) is 43.4. The maximum absolute atomic E-state index is 12.6. The normalized spacial score (nSPS) is 13.0. The number of ketones is 1. The van der Waals surface area contributed by atoms with Gasteiger partial charge < -0.3 is 15.4 Å². The Morgan fingerprint density at radius 3 is 2.96 bits per heavy atom. The van der Waals surface area contributed by atoms with Crippen LogP contribution in [0.15, 0.2) is 24.5 Å². The van der Waals surface area contributed by atoms with Crippen molar-refractivity contribution >= 4 is 34.4 Å². The van der Waals surface area contributed by atoms with E-state index in [2.05, 4.69) is 30.8 Å². The smallest absolute Gasteiger partial charge is 0.272 e. The summed E-state index contributed by atoms with van der Waals surface area (Å²) >= 11 is 0. The molecule has 2 aromatic heterocycles. The molecule has 0 bridgehead atoms. The molecule has 4 rings (SSSR count). The van der Waals surface area contributed by atoms with Gasteiger partial charge in [-0.05, 0) is 17.7 Å². The van der Waals surface area contributed by atoms with E-state index in [1.807, 2.05) is 12.1 Å². The summed E-state index contributed by atoms with van der Waals surface area (Å²) in [7, 11) is 0. The van der Waals surface area contributed by atoms with E-state index < -0.39 is 5.91 Å². The van der Waals surface area contributed by atoms with Gasteiger partial charge in [-0.25, -0.2) is 9.97 Å². The van der Waals surface area contributed by atoms with Gasteiger partial charge in [-0.1, -0.05) is 6.07 Å². The summed E-state index contributed by atoms with van der Waals surface area (Å²) < 4.78 is 5.37. The van der Waals surface area contributed by atoms with Gasteiger partial charge in [-0.2, -0.15) is 5.10 Å². The van der Waals surface area contributed by atoms with Crippen LogP contribution < -0.4 is 15.4 Å². The monoisotopic (exact) mass is 380 g/mol. The van der Waals surface area contributed by atoms with Gasteiger partial charge in [0.15, 0.2) is 17.3 Å². The number of aromatic amines is 1. The average Bonchev–Trinajstić information content (AvgIpc) is 3.08. The van der Waals surface area contributed by atoms with Gasteiger partial charge in [0.1, 0.15) is 29.7 Å². The van der Waals surface area contributed by atoms with Crippen molar-refractivity contribution in [2.45, 2.75) is 19.9 Å². The lowest BCUT2D eigenvalue weighted by Crippen LogP contribution is -2.25. The molecule has 28 heavy (non-hydrogen) atoms. The minimum atomic E-state index is -0.421. The average molecular weight is 380 g/mol. The number of anilines is 1. The number of amides is 2. The Bertz CT molecular complexity index is 1110. The van der Waals surface area contributed by atoms with Crippen LogP contribution in [0.3, 0.4) is 0 Å². The number of aromatic nitrogens is 4. The Morgan fingerprint density at radius 1 is 1.29 bits per heavy atom. The van der Waals surface area contributed by atoms with E-state index in [1.54, 1.807) is 6.07 Å². The van der Waals surface area contributed by atoms with Crippen molar-refractivity contribution in [2.24, 2.45) is 0 Å². The van der Waals surface area contributed by atoms with Crippen LogP contribution in [-0.4, -0.2) is 44.4 Å². The third-order valence-electron chi connectivity index (χ3n) is 4.21. The summed E-state index contributed by atoms with van der Waals surface area (Å²) in [5, 5.41) is 12.0. The Labute approximate surface area is 158 Å². The minimum Gasteiger partial charge on any atom is -0.486 e. The molecule has 3 N–H and O–H groups in total. The molecule has 10 heteroatoms. The van der Waals surface area contributed by atoms with E-state index in [4.69, 9.17) is 4.74 Å². The Kier molecular flexibility index (Phi) is 4.44. The van der Waals surface area contributed by atoms with Crippen LogP contribution in [0, 0.1) is 0 Å². The highest BCUT2D eigenvalue weighted by Crippen LogP contribution is 2.24. The van der Waals surface area contributed by atoms with Gasteiger partial charge in [-0.15, -0.1) is 0 Å². The Morgan fingerprint density at radius 2 is 2.14 bits per heavy atom. The van der Waals surface area contributed by atoms with E-state index in [1.165, 1.54) is 13.3 Å². The molecule has 1 aliphatic rings. The zero-order valence-corrected chi connectivity index (χ0v) is 14.9. The standard InChI is InChI=1S/C18H16N6O4/c1-9(25)22-17-15-14(23-24-17)16(21-8-20-15)18(27)19-6-10-2-3-13-11(4-10)5-12(26)7-28-13/h2-4,8H,5-7H2,1H3,(H,19,27)(H2,22,23,24,25). The second-order valence-electron chi connectivity index (χ2n) is 6.33. The second kappa shape index (κ2) is 7.06. The van der Waals surface area contributed by atoms with Gasteiger partial charge >= 0.3 is 0 Å². The summed E-state index contributed by atoms with van der Waals surface area (Å²) in [6, 6.07) is 5.46. The highest BCUT2D eigenvalue weighted by Gasteiger charge is 2.19. The van der Waals surface area contributed by atoms with Crippen LogP contribution in [0.1, 0.15) is 28.5 Å². The number of ether oxygens (including phenoxy) is 1. The molecule has 1 aromatic carbocycles. The maximum Gasteiger partial charge on any atom is 0.272 e. The molecular weight excluding hydrogens is 364 g/mol. The van der Waals surface area contributed by atoms with Crippen LogP contribution in [0.5, 0.6) is 5.75 Å². The molecule has 142 valence electrons. The van der Waals surface area contributed by atoms with Crippen LogP contribution in [0.2, 0.25) is 0 Å². The molecule has 0 saturated carbocycles. The fourth-order valence-electron chi connectivity index (χ4n) is 2.97. The summed E-state index contributed by atoms with van der Waals surface area (Å²) in [6.07, 6.45) is 1.56. The minimum absolute atomic E-state index is 0.0197. The van der Waals surface area contributed by atoms with Crippen molar-refractivity contribution in [1.29, 1.82) is 0 Å². The van der Waals surface area contributed by atoms with E-state index in [0.717, 1.165) is 11.1 Å². The summed E-state index contributed by atoms with van der Waals surface area (Å²) in [5.41, 5.74) is 2.43. The SMILES string of the molecule is CC(=O)Nc1n[nH]c2c(C(=O)NCc3ccc4c(c3)CC(=O)CO4)ncnc12. The molecule has 0 fully saturated rings. The zero-order chi connectivity index (χ0) is 19.7. The van der Waals surface area contributed by atoms with Gasteiger partial charge in [0.25, 0.3) is 5.91 Å². The number of rotatable bonds is 4. The molecule has 0 spiro atoms. The van der Waals surface area contributed by atoms with Crippen molar-refractivity contribution in [3.63, 3.8) is 0 Å². The number of nitrogens with zero attached hydrogens (tertiary/aromatic N) is 3. The lowest BCUT2D eigenvalue weighted by molar-refractivity contribution is -0.121. The van der Waals surface area contributed by atoms with Crippen molar-refractivity contribution in [1.82, 2.24) is 25.5 Å². The predicted octanol–water partition coefficient (Wildman–Crippen LogP) is 0.745. The second-order valence-corrected chi connectivity index (χ2v) is 6.33. The van der Waals surface area contributed by atoms with Gasteiger partial charge in [0.2, 0.25) is 5.91 Å². The first kappa shape index (κ1) is 17.6. The number of Topliss-reactive ketones (excluding diaryl/α,β-unsaturated/α-hetero) is 1. The number of carbonyl (C=O) groups is 3. The molecule has 0 saturated heterocycles. The number of hydrogen-bond donors (Lipinski definition) is 3. The number of benzene rings is 1. The maximum atomic E-state index is 12.6. The molecule has 0 radical (unpaired) electrons. The van der Waals surface area contributed by atoms with Crippen LogP contribution >= 0.6 is 0 Å².